The van der Waals surface area contributed by atoms with Gasteiger partial charge in [0, 0.05) is 0 Å². The summed E-state index contributed by atoms with van der Waals surface area (Å²) in [4.78, 5) is 3.09. The molecule has 0 amide bonds. The summed E-state index contributed by atoms with van der Waals surface area (Å²) in [6.07, 6.45) is 11.4. The molecule has 1 N–H and O–H groups in total. The summed E-state index contributed by atoms with van der Waals surface area (Å²) in [7, 11) is 0. The van der Waals surface area contributed by atoms with Gasteiger partial charge in [0.2, 0.25) is 0 Å². The largest absolute Gasteiger partial charge is 4.00 e. The van der Waals surface area contributed by atoms with Crippen molar-refractivity contribution in [2.24, 2.45) is 0 Å². The van der Waals surface area contributed by atoms with Crippen LogP contribution in [-0.2, 0) is 32.5 Å². The first kappa shape index (κ1) is 26.5. The van der Waals surface area contributed by atoms with E-state index in [4.69, 9.17) is 0 Å². The monoisotopic (exact) mass is 437 g/mol. The van der Waals surface area contributed by atoms with Crippen LogP contribution in [0.2, 0.25) is 0 Å². The van der Waals surface area contributed by atoms with Crippen molar-refractivity contribution < 1.29 is 46.5 Å². The quantitative estimate of drug-likeness (QED) is 0.443. The normalized spacial score (nSPS) is 16.7. The average Bonchev–Trinajstić information content (AvgIpc) is 3.02. The smallest absolute Gasteiger partial charge is 1.00 e. The average molecular weight is 438 g/mol. The van der Waals surface area contributed by atoms with Crippen LogP contribution >= 0.6 is 0 Å². The van der Waals surface area contributed by atoms with Gasteiger partial charge in [0.15, 0.2) is 0 Å². The van der Waals surface area contributed by atoms with E-state index in [0.29, 0.717) is 0 Å². The van der Waals surface area contributed by atoms with Crippen LogP contribution in [0.15, 0.2) is 36.0 Å². The van der Waals surface area contributed by atoms with Gasteiger partial charge in [0.05, 0.1) is 0 Å². The van der Waals surface area contributed by atoms with Crippen molar-refractivity contribution in [1.82, 2.24) is 4.98 Å². The molecule has 1 heterocycles. The van der Waals surface area contributed by atoms with Gasteiger partial charge >= 0.3 is 21.7 Å². The van der Waals surface area contributed by atoms with Crippen molar-refractivity contribution in [2.75, 3.05) is 0 Å². The topological polar surface area (TPSA) is 15.8 Å². The van der Waals surface area contributed by atoms with Crippen molar-refractivity contribution in [3.05, 3.63) is 70.6 Å². The van der Waals surface area contributed by atoms with Crippen molar-refractivity contribution in [3.63, 3.8) is 0 Å². The predicted molar refractivity (Wildman–Crippen MR) is 101 cm³/mol. The summed E-state index contributed by atoms with van der Waals surface area (Å²) in [6.45, 7) is 13.4. The first-order valence-corrected chi connectivity index (χ1v) is 8.99. The number of hydrogen-bond donors (Lipinski definition) is 1. The van der Waals surface area contributed by atoms with Gasteiger partial charge in [0.25, 0.3) is 0 Å². The van der Waals surface area contributed by atoms with Gasteiger partial charge in [-0.3, -0.25) is 0 Å². The van der Waals surface area contributed by atoms with Crippen LogP contribution in [0.1, 0.15) is 82.6 Å². The number of allylic oxidation sites excluding steroid dienone is 1. The van der Waals surface area contributed by atoms with Crippen molar-refractivity contribution in [1.29, 1.82) is 0 Å². The number of aromatic amines is 1. The van der Waals surface area contributed by atoms with Crippen LogP contribution in [0.3, 0.4) is 0 Å². The maximum absolute atomic E-state index is 3.45. The number of rotatable bonds is 0. The summed E-state index contributed by atoms with van der Waals surface area (Å²) in [5.41, 5.74) is 7.45. The zero-order valence-corrected chi connectivity index (χ0v) is 20.2. The Morgan fingerprint density at radius 1 is 0.963 bits per heavy atom. The van der Waals surface area contributed by atoms with Gasteiger partial charge in [-0.1, -0.05) is 65.4 Å². The van der Waals surface area contributed by atoms with Crippen molar-refractivity contribution in [3.8, 4) is 0 Å². The van der Waals surface area contributed by atoms with E-state index in [-0.39, 0.29) is 57.4 Å². The minimum absolute atomic E-state index is 0. The summed E-state index contributed by atoms with van der Waals surface area (Å²) < 4.78 is 0. The molecule has 0 radical (unpaired) electrons. The third kappa shape index (κ3) is 5.76. The molecule has 0 saturated heterocycles. The van der Waals surface area contributed by atoms with Gasteiger partial charge in [0.1, 0.15) is 0 Å². The fraction of sp³-hybridized carbons (Fsp3) is 0.478. The molecular weight excluding hydrogens is 409 g/mol. The fourth-order valence-corrected chi connectivity index (χ4v) is 3.52. The van der Waals surface area contributed by atoms with Crippen LogP contribution in [0.4, 0.5) is 0 Å². The van der Waals surface area contributed by atoms with Gasteiger partial charge in [-0.05, 0) is 11.8 Å². The number of hydrogen-bond acceptors (Lipinski definition) is 0. The van der Waals surface area contributed by atoms with Gasteiger partial charge in [-0.15, -0.1) is 41.2 Å². The first-order valence-electron chi connectivity index (χ1n) is 8.99. The molecule has 144 valence electrons. The molecule has 27 heavy (non-hydrogen) atoms. The Kier molecular flexibility index (Phi) is 9.66. The van der Waals surface area contributed by atoms with E-state index in [1.807, 2.05) is 0 Å². The Bertz CT molecular complexity index is 735. The number of nitrogens with one attached hydrogen (secondary N) is 1. The number of halogens is 2. The minimum atomic E-state index is 0. The zero-order chi connectivity index (χ0) is 17.5. The molecule has 0 aliphatic heterocycles. The molecule has 1 nitrogen and oxygen atoms in total. The Balaban J connectivity index is 0.000000453. The van der Waals surface area contributed by atoms with E-state index in [9.17, 15) is 0 Å². The van der Waals surface area contributed by atoms with Crippen molar-refractivity contribution in [2.45, 2.75) is 71.1 Å². The first-order chi connectivity index (χ1) is 11.2. The van der Waals surface area contributed by atoms with E-state index in [1.54, 1.807) is 0 Å². The second-order valence-corrected chi connectivity index (χ2v) is 9.03. The maximum atomic E-state index is 3.45. The predicted octanol–water partition coefficient (Wildman–Crippen LogP) is 0.0707. The molecule has 2 aromatic rings. The number of H-pyrrole nitrogens is 1. The van der Waals surface area contributed by atoms with E-state index >= 15 is 0 Å². The third-order valence-electron chi connectivity index (χ3n) is 5.00. The second kappa shape index (κ2) is 9.83. The second-order valence-electron chi connectivity index (χ2n) is 9.03. The fourth-order valence-electron chi connectivity index (χ4n) is 3.52. The van der Waals surface area contributed by atoms with E-state index in [0.717, 1.165) is 5.92 Å². The Morgan fingerprint density at radius 3 is 2.07 bits per heavy atom. The van der Waals surface area contributed by atoms with Gasteiger partial charge < -0.3 is 29.8 Å². The molecule has 4 rings (SSSR count). The Morgan fingerprint density at radius 2 is 1.59 bits per heavy atom. The molecule has 1 saturated carbocycles. The molecule has 1 unspecified atom stereocenters. The molecule has 0 bridgehead atoms. The van der Waals surface area contributed by atoms with E-state index in [2.05, 4.69) is 89.3 Å². The molecule has 1 fully saturated rings. The summed E-state index contributed by atoms with van der Waals surface area (Å²) in [5.74, 6) is 0.756. The summed E-state index contributed by atoms with van der Waals surface area (Å²) in [5, 5.41) is 0. The minimum Gasteiger partial charge on any atom is -1.00 e. The van der Waals surface area contributed by atoms with Gasteiger partial charge in [-0.25, -0.2) is 0 Å². The molecule has 0 spiro atoms. The molecular formula is C23H29Cl2NTi. The molecule has 1 aromatic carbocycles. The van der Waals surface area contributed by atoms with Crippen LogP contribution in [0, 0.1) is 12.3 Å². The summed E-state index contributed by atoms with van der Waals surface area (Å²) >= 11 is 0. The molecule has 1 atom stereocenters. The van der Waals surface area contributed by atoms with Crippen LogP contribution in [0.25, 0.3) is 0 Å². The summed E-state index contributed by atoms with van der Waals surface area (Å²) in [6, 6.07) is 8.62. The molecule has 1 aromatic heterocycles. The van der Waals surface area contributed by atoms with E-state index < -0.39 is 0 Å². The third-order valence-corrected chi connectivity index (χ3v) is 5.00. The molecule has 2 aliphatic carbocycles. The number of benzene rings is 1. The molecule has 2 aliphatic rings. The molecule has 4 heteroatoms. The standard InChI is InChI=1S/C12H20N.C11H9.2ClH.Ti/c1-11(2,3)9-7-13-8-10(9)12(4,5)6;1-2-4-10-8(3-1)7-9-5-6-11(9)10;;;/h7,13H,1-6H3;1-4,11H,5-6H2;2*1H;/q2*-1;;;+4/p-2. The van der Waals surface area contributed by atoms with Gasteiger partial charge in [-0.2, -0.15) is 23.3 Å². The van der Waals surface area contributed by atoms with Crippen LogP contribution in [0.5, 0.6) is 0 Å². The van der Waals surface area contributed by atoms with E-state index in [1.165, 1.54) is 40.7 Å². The Labute approximate surface area is 192 Å². The maximum Gasteiger partial charge on any atom is 4.00 e. The zero-order valence-electron chi connectivity index (χ0n) is 17.1. The Hall–Kier alpha value is -0.466. The van der Waals surface area contributed by atoms with Crippen LogP contribution in [-0.4, -0.2) is 4.98 Å². The van der Waals surface area contributed by atoms with Crippen molar-refractivity contribution >= 4 is 0 Å². The number of aromatic nitrogens is 1. The SMILES string of the molecule is CC(C)(C)c1[c-][nH]cc1C(C)(C)C.[C-]1=C2CCC2c2ccccc21.[Cl-].[Cl-].[Ti+4]. The number of fused-ring (bicyclic) bond motifs is 3. The van der Waals surface area contributed by atoms with Crippen LogP contribution < -0.4 is 24.8 Å².